The molecule has 3 heterocycles. The van der Waals surface area contributed by atoms with Crippen molar-refractivity contribution in [2.75, 3.05) is 18.0 Å². The number of halogens is 1. The van der Waals surface area contributed by atoms with Crippen molar-refractivity contribution in [2.45, 2.75) is 43.6 Å². The lowest BCUT2D eigenvalue weighted by Crippen LogP contribution is -2.52. The molecule has 1 spiro atoms. The molecule has 26 heavy (non-hydrogen) atoms. The fourth-order valence-electron chi connectivity index (χ4n) is 4.96. The molecule has 1 unspecified atom stereocenters. The van der Waals surface area contributed by atoms with Gasteiger partial charge in [0.05, 0.1) is 4.88 Å². The van der Waals surface area contributed by atoms with Gasteiger partial charge in [0.2, 0.25) is 0 Å². The molecule has 1 saturated heterocycles. The third kappa shape index (κ3) is 2.52. The largest absolute Gasteiger partial charge is 0.317 e. The second-order valence-electron chi connectivity index (χ2n) is 7.91. The predicted molar refractivity (Wildman–Crippen MR) is 102 cm³/mol. The Kier molecular flexibility index (Phi) is 3.90. The second kappa shape index (κ2) is 6.17. The molecule has 3 nitrogen and oxygen atoms in total. The molecule has 1 aliphatic carbocycles. The third-order valence-electron chi connectivity index (χ3n) is 6.40. The van der Waals surface area contributed by atoms with Crippen LogP contribution in [-0.4, -0.2) is 25.0 Å². The molecular formula is C21H23FN2OS. The summed E-state index contributed by atoms with van der Waals surface area (Å²) < 4.78 is 14.2. The van der Waals surface area contributed by atoms with Gasteiger partial charge in [-0.1, -0.05) is 18.9 Å². The van der Waals surface area contributed by atoms with Crippen molar-refractivity contribution in [2.24, 2.45) is 5.92 Å². The number of nitrogens with zero attached hydrogens (tertiary/aromatic N) is 1. The fourth-order valence-corrected chi connectivity index (χ4v) is 5.62. The van der Waals surface area contributed by atoms with Crippen LogP contribution in [0.25, 0.3) is 0 Å². The Bertz CT molecular complexity index is 825. The Balaban J connectivity index is 1.65. The number of fused-ring (bicyclic) bond motifs is 2. The van der Waals surface area contributed by atoms with E-state index in [0.717, 1.165) is 48.5 Å². The van der Waals surface area contributed by atoms with Gasteiger partial charge in [0.25, 0.3) is 5.91 Å². The maximum Gasteiger partial charge on any atom is 0.268 e. The average molecular weight is 370 g/mol. The van der Waals surface area contributed by atoms with E-state index in [0.29, 0.717) is 5.92 Å². The molecule has 1 N–H and O–H groups in total. The Morgan fingerprint density at radius 3 is 2.77 bits per heavy atom. The van der Waals surface area contributed by atoms with Crippen molar-refractivity contribution < 1.29 is 9.18 Å². The van der Waals surface area contributed by atoms with E-state index in [1.54, 1.807) is 6.07 Å². The number of amides is 1. The van der Waals surface area contributed by atoms with Crippen LogP contribution in [0.1, 0.15) is 47.3 Å². The third-order valence-corrected chi connectivity index (χ3v) is 7.26. The molecule has 1 atom stereocenters. The minimum absolute atomic E-state index is 0.0777. The minimum Gasteiger partial charge on any atom is -0.317 e. The number of rotatable bonds is 3. The van der Waals surface area contributed by atoms with Gasteiger partial charge in [0.1, 0.15) is 5.82 Å². The van der Waals surface area contributed by atoms with Gasteiger partial charge in [-0.3, -0.25) is 4.79 Å². The van der Waals surface area contributed by atoms with Gasteiger partial charge in [0.15, 0.2) is 0 Å². The lowest BCUT2D eigenvalue weighted by atomic mass is 9.68. The van der Waals surface area contributed by atoms with E-state index in [1.165, 1.54) is 30.2 Å². The van der Waals surface area contributed by atoms with Gasteiger partial charge in [0, 0.05) is 17.1 Å². The second-order valence-corrected chi connectivity index (χ2v) is 8.86. The summed E-state index contributed by atoms with van der Waals surface area (Å²) in [6.07, 6.45) is 5.49. The zero-order chi connectivity index (χ0) is 17.7. The predicted octanol–water partition coefficient (Wildman–Crippen LogP) is 4.34. The summed E-state index contributed by atoms with van der Waals surface area (Å²) in [7, 11) is 0. The Morgan fingerprint density at radius 1 is 1.27 bits per heavy atom. The highest BCUT2D eigenvalue weighted by Gasteiger charge is 2.54. The van der Waals surface area contributed by atoms with Crippen LogP contribution >= 0.6 is 11.3 Å². The number of carbonyl (C=O) groups excluding carboxylic acids is 1. The Labute approximate surface area is 157 Å². The average Bonchev–Trinajstić information content (AvgIpc) is 3.24. The highest BCUT2D eigenvalue weighted by molar-refractivity contribution is 7.12. The van der Waals surface area contributed by atoms with Gasteiger partial charge in [-0.25, -0.2) is 4.39 Å². The van der Waals surface area contributed by atoms with Crippen LogP contribution in [0, 0.1) is 11.7 Å². The molecule has 2 aliphatic heterocycles. The SMILES string of the molecule is O=C(c1cccs1)N1c2ccc(F)cc2C2(CCNCC2)C1CC1CC1. The lowest BCUT2D eigenvalue weighted by Gasteiger charge is -2.42. The van der Waals surface area contributed by atoms with Crippen molar-refractivity contribution in [1.82, 2.24) is 5.32 Å². The molecule has 1 aromatic carbocycles. The van der Waals surface area contributed by atoms with Crippen LogP contribution in [0.15, 0.2) is 35.7 Å². The van der Waals surface area contributed by atoms with Gasteiger partial charge in [-0.15, -0.1) is 11.3 Å². The van der Waals surface area contributed by atoms with Crippen molar-refractivity contribution >= 4 is 22.9 Å². The molecule has 2 aromatic rings. The molecule has 3 aliphatic rings. The van der Waals surface area contributed by atoms with E-state index >= 15 is 0 Å². The van der Waals surface area contributed by atoms with E-state index in [4.69, 9.17) is 0 Å². The Hall–Kier alpha value is -1.72. The number of benzene rings is 1. The summed E-state index contributed by atoms with van der Waals surface area (Å²) in [4.78, 5) is 16.2. The molecule has 1 amide bonds. The first kappa shape index (κ1) is 16.5. The fraction of sp³-hybridized carbons (Fsp3) is 0.476. The number of hydrogen-bond donors (Lipinski definition) is 1. The summed E-state index contributed by atoms with van der Waals surface area (Å²) in [5.41, 5.74) is 1.87. The van der Waals surface area contributed by atoms with Gasteiger partial charge in [-0.2, -0.15) is 0 Å². The first-order valence-corrected chi connectivity index (χ1v) is 10.4. The summed E-state index contributed by atoms with van der Waals surface area (Å²) in [5, 5.41) is 5.40. The van der Waals surface area contributed by atoms with E-state index < -0.39 is 0 Å². The minimum atomic E-state index is -0.197. The van der Waals surface area contributed by atoms with E-state index in [-0.39, 0.29) is 23.2 Å². The normalized spacial score (nSPS) is 24.0. The summed E-state index contributed by atoms with van der Waals surface area (Å²) in [6.45, 7) is 1.86. The van der Waals surface area contributed by atoms with Crippen LogP contribution in [0.5, 0.6) is 0 Å². The smallest absolute Gasteiger partial charge is 0.268 e. The number of anilines is 1. The van der Waals surface area contributed by atoms with Gasteiger partial charge < -0.3 is 10.2 Å². The van der Waals surface area contributed by atoms with Crippen molar-refractivity contribution in [3.8, 4) is 0 Å². The first-order chi connectivity index (χ1) is 12.7. The van der Waals surface area contributed by atoms with Gasteiger partial charge in [-0.05, 0) is 73.5 Å². The molecular weight excluding hydrogens is 347 g/mol. The number of hydrogen-bond acceptors (Lipinski definition) is 3. The van der Waals surface area contributed by atoms with E-state index in [1.807, 2.05) is 28.5 Å². The highest BCUT2D eigenvalue weighted by atomic mass is 32.1. The lowest BCUT2D eigenvalue weighted by molar-refractivity contribution is 0.0964. The number of thiophene rings is 1. The standard InChI is InChI=1S/C21H23FN2OS/c22-15-5-6-17-16(13-15)21(7-9-23-10-8-21)19(12-14-3-4-14)24(17)20(25)18-2-1-11-26-18/h1-2,5-6,11,13-14,19,23H,3-4,7-10,12H2. The zero-order valence-corrected chi connectivity index (χ0v) is 15.5. The first-order valence-electron chi connectivity index (χ1n) is 9.57. The molecule has 136 valence electrons. The number of carbonyl (C=O) groups is 1. The Morgan fingerprint density at radius 2 is 2.08 bits per heavy atom. The molecule has 5 rings (SSSR count). The zero-order valence-electron chi connectivity index (χ0n) is 14.7. The van der Waals surface area contributed by atoms with Gasteiger partial charge >= 0.3 is 0 Å². The molecule has 0 radical (unpaired) electrons. The van der Waals surface area contributed by atoms with Crippen molar-refractivity contribution in [3.05, 3.63) is 52.0 Å². The molecule has 5 heteroatoms. The number of nitrogens with one attached hydrogen (secondary N) is 1. The molecule has 1 saturated carbocycles. The highest BCUT2D eigenvalue weighted by Crippen LogP contribution is 2.54. The van der Waals surface area contributed by atoms with E-state index in [9.17, 15) is 9.18 Å². The topological polar surface area (TPSA) is 32.3 Å². The van der Waals surface area contributed by atoms with Crippen LogP contribution in [0.2, 0.25) is 0 Å². The van der Waals surface area contributed by atoms with Crippen molar-refractivity contribution in [3.63, 3.8) is 0 Å². The maximum absolute atomic E-state index is 14.2. The summed E-state index contributed by atoms with van der Waals surface area (Å²) in [5.74, 6) is 0.593. The van der Waals surface area contributed by atoms with Crippen LogP contribution in [-0.2, 0) is 5.41 Å². The molecule has 1 aromatic heterocycles. The molecule has 0 bridgehead atoms. The van der Waals surface area contributed by atoms with Crippen LogP contribution in [0.4, 0.5) is 10.1 Å². The quantitative estimate of drug-likeness (QED) is 0.872. The van der Waals surface area contributed by atoms with Crippen LogP contribution < -0.4 is 10.2 Å². The summed E-state index contributed by atoms with van der Waals surface area (Å²) >= 11 is 1.49. The van der Waals surface area contributed by atoms with Crippen LogP contribution in [0.3, 0.4) is 0 Å². The summed E-state index contributed by atoms with van der Waals surface area (Å²) in [6, 6.07) is 8.99. The monoisotopic (exact) mass is 370 g/mol. The van der Waals surface area contributed by atoms with E-state index in [2.05, 4.69) is 5.32 Å². The maximum atomic E-state index is 14.2. The van der Waals surface area contributed by atoms with Crippen molar-refractivity contribution in [1.29, 1.82) is 0 Å². The molecule has 2 fully saturated rings. The number of piperidine rings is 1.